The number of hydrogen-bond acceptors (Lipinski definition) is 6. The molecule has 1 N–H and O–H groups in total. The highest BCUT2D eigenvalue weighted by Gasteiger charge is 2.42. The maximum Gasteiger partial charge on any atom is 0.248 e. The Kier molecular flexibility index (Phi) is 4.21. The van der Waals surface area contributed by atoms with Crippen molar-refractivity contribution < 1.29 is 19.0 Å². The highest BCUT2D eigenvalue weighted by atomic mass is 19.1. The number of aliphatic hydroxyl groups excluding tert-OH is 1. The largest absolute Gasteiger partial charge is 0.387 e. The Morgan fingerprint density at radius 3 is 2.86 bits per heavy atom. The van der Waals surface area contributed by atoms with Crippen LogP contribution in [0.4, 0.5) is 10.3 Å². The molecule has 1 amide bonds. The van der Waals surface area contributed by atoms with Crippen molar-refractivity contribution in [3.05, 3.63) is 18.2 Å². The van der Waals surface area contributed by atoms with Crippen molar-refractivity contribution in [1.29, 1.82) is 0 Å². The molecule has 7 nitrogen and oxygen atoms in total. The number of nitrogens with zero attached hydrogens (tertiary/aromatic N) is 4. The van der Waals surface area contributed by atoms with E-state index in [2.05, 4.69) is 9.97 Å². The van der Waals surface area contributed by atoms with Crippen LogP contribution in [0.25, 0.3) is 0 Å². The number of rotatable bonds is 2. The standard InChI is InChI=1S/C14H19FN4O3/c15-11-6-16-13(17-7-11)19-3-1-2-14(10-19)9-18(4-5-22-14)12(21)8-20/h6-7,20H,1-5,8-10H2. The van der Waals surface area contributed by atoms with Gasteiger partial charge in [0.1, 0.15) is 12.2 Å². The summed E-state index contributed by atoms with van der Waals surface area (Å²) in [5.41, 5.74) is -0.473. The van der Waals surface area contributed by atoms with E-state index < -0.39 is 18.0 Å². The van der Waals surface area contributed by atoms with Crippen LogP contribution in [0.1, 0.15) is 12.8 Å². The van der Waals surface area contributed by atoms with E-state index in [1.54, 1.807) is 4.90 Å². The molecule has 0 aliphatic carbocycles. The SMILES string of the molecule is O=C(CO)N1CCOC2(CCCN(c3ncc(F)cn3)C2)C1. The maximum absolute atomic E-state index is 12.9. The summed E-state index contributed by atoms with van der Waals surface area (Å²) >= 11 is 0. The van der Waals surface area contributed by atoms with Crippen LogP contribution in [0.15, 0.2) is 12.4 Å². The molecule has 8 heteroatoms. The van der Waals surface area contributed by atoms with Crippen LogP contribution in [0.2, 0.25) is 0 Å². The highest BCUT2D eigenvalue weighted by Crippen LogP contribution is 2.30. The molecule has 120 valence electrons. The predicted molar refractivity (Wildman–Crippen MR) is 75.8 cm³/mol. The van der Waals surface area contributed by atoms with E-state index in [1.807, 2.05) is 4.90 Å². The molecule has 2 aliphatic rings. The molecule has 1 unspecified atom stereocenters. The summed E-state index contributed by atoms with van der Waals surface area (Å²) < 4.78 is 18.9. The van der Waals surface area contributed by atoms with Crippen LogP contribution in [0.3, 0.4) is 0 Å². The molecule has 3 heterocycles. The Bertz CT molecular complexity index is 537. The molecular weight excluding hydrogens is 291 g/mol. The molecule has 1 atom stereocenters. The number of hydrogen-bond donors (Lipinski definition) is 1. The first kappa shape index (κ1) is 15.1. The number of aliphatic hydroxyl groups is 1. The van der Waals surface area contributed by atoms with Crippen LogP contribution in [-0.4, -0.2) is 70.9 Å². The van der Waals surface area contributed by atoms with Crippen molar-refractivity contribution in [2.75, 3.05) is 44.3 Å². The molecule has 3 rings (SSSR count). The summed E-state index contributed by atoms with van der Waals surface area (Å²) in [6.45, 7) is 2.22. The number of ether oxygens (including phenoxy) is 1. The van der Waals surface area contributed by atoms with Gasteiger partial charge in [-0.3, -0.25) is 4.79 Å². The van der Waals surface area contributed by atoms with Gasteiger partial charge in [-0.05, 0) is 12.8 Å². The second-order valence-electron chi connectivity index (χ2n) is 5.73. The fourth-order valence-corrected chi connectivity index (χ4v) is 3.14. The quantitative estimate of drug-likeness (QED) is 0.815. The fourth-order valence-electron chi connectivity index (χ4n) is 3.14. The number of carbonyl (C=O) groups excluding carboxylic acids is 1. The molecule has 0 aromatic carbocycles. The first-order valence-corrected chi connectivity index (χ1v) is 7.37. The van der Waals surface area contributed by atoms with Crippen molar-refractivity contribution in [2.24, 2.45) is 0 Å². The Morgan fingerprint density at radius 1 is 1.36 bits per heavy atom. The molecule has 2 fully saturated rings. The lowest BCUT2D eigenvalue weighted by molar-refractivity contribution is -0.154. The first-order valence-electron chi connectivity index (χ1n) is 7.37. The van der Waals surface area contributed by atoms with Crippen LogP contribution >= 0.6 is 0 Å². The molecule has 2 aliphatic heterocycles. The van der Waals surface area contributed by atoms with Crippen molar-refractivity contribution in [3.8, 4) is 0 Å². The van der Waals surface area contributed by atoms with Crippen LogP contribution in [0.5, 0.6) is 0 Å². The average Bonchev–Trinajstić information content (AvgIpc) is 2.55. The summed E-state index contributed by atoms with van der Waals surface area (Å²) in [5.74, 6) is -0.281. The number of morpholine rings is 1. The Hall–Kier alpha value is -1.80. The topological polar surface area (TPSA) is 78.8 Å². The van der Waals surface area contributed by atoms with E-state index in [0.29, 0.717) is 32.2 Å². The van der Waals surface area contributed by atoms with Crippen molar-refractivity contribution in [3.63, 3.8) is 0 Å². The third-order valence-electron chi connectivity index (χ3n) is 4.17. The highest BCUT2D eigenvalue weighted by molar-refractivity contribution is 5.77. The van der Waals surface area contributed by atoms with E-state index in [0.717, 1.165) is 31.8 Å². The lowest BCUT2D eigenvalue weighted by atomic mass is 9.91. The predicted octanol–water partition coefficient (Wildman–Crippen LogP) is -0.194. The Labute approximate surface area is 127 Å². The van der Waals surface area contributed by atoms with Gasteiger partial charge in [0.2, 0.25) is 11.9 Å². The molecule has 2 saturated heterocycles. The number of piperidine rings is 1. The summed E-state index contributed by atoms with van der Waals surface area (Å²) in [5, 5.41) is 9.03. The minimum absolute atomic E-state index is 0.280. The van der Waals surface area contributed by atoms with Gasteiger partial charge >= 0.3 is 0 Å². The van der Waals surface area contributed by atoms with Crippen molar-refractivity contribution in [1.82, 2.24) is 14.9 Å². The van der Waals surface area contributed by atoms with Crippen molar-refractivity contribution >= 4 is 11.9 Å². The van der Waals surface area contributed by atoms with Crippen LogP contribution in [-0.2, 0) is 9.53 Å². The van der Waals surface area contributed by atoms with Gasteiger partial charge in [0.15, 0.2) is 5.82 Å². The fraction of sp³-hybridized carbons (Fsp3) is 0.643. The molecule has 0 saturated carbocycles. The van der Waals surface area contributed by atoms with E-state index >= 15 is 0 Å². The third kappa shape index (κ3) is 3.02. The summed E-state index contributed by atoms with van der Waals surface area (Å²) in [4.78, 5) is 23.3. The molecule has 22 heavy (non-hydrogen) atoms. The number of aromatic nitrogens is 2. The van der Waals surface area contributed by atoms with Gasteiger partial charge in [-0.15, -0.1) is 0 Å². The van der Waals surface area contributed by atoms with Gasteiger partial charge in [0.25, 0.3) is 0 Å². The minimum atomic E-state index is -0.485. The van der Waals surface area contributed by atoms with E-state index in [-0.39, 0.29) is 5.91 Å². The average molecular weight is 310 g/mol. The summed E-state index contributed by atoms with van der Waals surface area (Å²) in [6, 6.07) is 0. The molecular formula is C14H19FN4O3. The Morgan fingerprint density at radius 2 is 2.14 bits per heavy atom. The monoisotopic (exact) mass is 310 g/mol. The third-order valence-corrected chi connectivity index (χ3v) is 4.17. The zero-order valence-corrected chi connectivity index (χ0v) is 12.2. The van der Waals surface area contributed by atoms with E-state index in [9.17, 15) is 9.18 Å². The number of halogens is 1. The molecule has 0 bridgehead atoms. The second-order valence-corrected chi connectivity index (χ2v) is 5.73. The van der Waals surface area contributed by atoms with Crippen molar-refractivity contribution in [2.45, 2.75) is 18.4 Å². The number of amides is 1. The summed E-state index contributed by atoms with van der Waals surface area (Å²) in [6.07, 6.45) is 4.00. The van der Waals surface area contributed by atoms with E-state index in [4.69, 9.17) is 9.84 Å². The maximum atomic E-state index is 12.9. The van der Waals surface area contributed by atoms with Gasteiger partial charge in [-0.25, -0.2) is 14.4 Å². The number of anilines is 1. The first-order chi connectivity index (χ1) is 10.6. The lowest BCUT2D eigenvalue weighted by Crippen LogP contribution is -2.61. The second kappa shape index (κ2) is 6.13. The molecule has 1 aromatic heterocycles. The normalized spacial score (nSPS) is 25.5. The van der Waals surface area contributed by atoms with Gasteiger partial charge in [-0.1, -0.05) is 0 Å². The lowest BCUT2D eigenvalue weighted by Gasteiger charge is -2.47. The number of carbonyl (C=O) groups is 1. The molecule has 0 radical (unpaired) electrons. The van der Waals surface area contributed by atoms with Crippen LogP contribution in [0, 0.1) is 5.82 Å². The zero-order valence-electron chi connectivity index (χ0n) is 12.2. The van der Waals surface area contributed by atoms with E-state index in [1.165, 1.54) is 0 Å². The molecule has 1 spiro atoms. The minimum Gasteiger partial charge on any atom is -0.387 e. The van der Waals surface area contributed by atoms with Gasteiger partial charge < -0.3 is 19.6 Å². The van der Waals surface area contributed by atoms with Gasteiger partial charge in [-0.2, -0.15) is 0 Å². The molecule has 1 aromatic rings. The summed E-state index contributed by atoms with van der Waals surface area (Å²) in [7, 11) is 0. The van der Waals surface area contributed by atoms with Gasteiger partial charge in [0.05, 0.1) is 32.1 Å². The zero-order chi connectivity index (χ0) is 15.6. The smallest absolute Gasteiger partial charge is 0.248 e. The Balaban J connectivity index is 1.74. The van der Waals surface area contributed by atoms with Gasteiger partial charge in [0, 0.05) is 13.1 Å². The van der Waals surface area contributed by atoms with Crippen LogP contribution < -0.4 is 4.90 Å².